The van der Waals surface area contributed by atoms with Crippen LogP contribution in [-0.2, 0) is 15.1 Å². The molecule has 178 valence electrons. The van der Waals surface area contributed by atoms with Gasteiger partial charge >= 0.3 is 12.1 Å². The number of fused-ring (bicyclic) bond motifs is 4. The molecule has 3 aliphatic rings. The largest absolute Gasteiger partial charge is 0.490 e. The Kier molecular flexibility index (Phi) is 5.83. The van der Waals surface area contributed by atoms with E-state index >= 15 is 0 Å². The van der Waals surface area contributed by atoms with Crippen molar-refractivity contribution in [3.05, 3.63) is 42.4 Å². The number of alkyl halides is 4. The quantitative estimate of drug-likeness (QED) is 0.683. The molecule has 4 heterocycles. The molecule has 2 aromatic heterocycles. The molecule has 33 heavy (non-hydrogen) atoms. The second-order valence-corrected chi connectivity index (χ2v) is 8.46. The standard InChI is InChI=1S/C20H23FN4O.C2HF3O2/c1-2-25-16-5-3-8-22-18(16)24-9-4-6-17(24)20(25)7-10-23(13-20)19(26)14-11-15(21)12-14;3-2(4,5)1(6)7/h3-6,8-9,14-15H,2,7,10-13H2,1H3;(H,6,7). The van der Waals surface area contributed by atoms with Crippen LogP contribution in [-0.4, -0.2) is 63.4 Å². The highest BCUT2D eigenvalue weighted by Gasteiger charge is 2.51. The lowest BCUT2D eigenvalue weighted by molar-refractivity contribution is -0.192. The predicted octanol–water partition coefficient (Wildman–Crippen LogP) is 3.52. The summed E-state index contributed by atoms with van der Waals surface area (Å²) >= 11 is 0. The fourth-order valence-electron chi connectivity index (χ4n) is 4.99. The molecule has 0 aromatic carbocycles. The molecule has 1 amide bonds. The molecule has 2 aliphatic heterocycles. The van der Waals surface area contributed by atoms with Gasteiger partial charge in [-0.3, -0.25) is 4.79 Å². The van der Waals surface area contributed by atoms with Gasteiger partial charge in [-0.25, -0.2) is 14.2 Å². The molecule has 1 atom stereocenters. The lowest BCUT2D eigenvalue weighted by Gasteiger charge is -2.46. The summed E-state index contributed by atoms with van der Waals surface area (Å²) in [6, 6.07) is 8.28. The van der Waals surface area contributed by atoms with E-state index in [0.29, 0.717) is 19.4 Å². The fraction of sp³-hybridized carbons (Fsp3) is 0.500. The van der Waals surface area contributed by atoms with Crippen LogP contribution in [0.3, 0.4) is 0 Å². The third-order valence-corrected chi connectivity index (χ3v) is 6.58. The van der Waals surface area contributed by atoms with Crippen molar-refractivity contribution in [3.63, 3.8) is 0 Å². The number of likely N-dealkylation sites (tertiary alicyclic amines) is 1. The van der Waals surface area contributed by atoms with Crippen LogP contribution in [0.15, 0.2) is 36.7 Å². The van der Waals surface area contributed by atoms with Crippen LogP contribution in [0.25, 0.3) is 5.82 Å². The van der Waals surface area contributed by atoms with E-state index in [-0.39, 0.29) is 17.4 Å². The van der Waals surface area contributed by atoms with Crippen molar-refractivity contribution in [2.24, 2.45) is 5.92 Å². The van der Waals surface area contributed by atoms with Crippen LogP contribution in [0.2, 0.25) is 0 Å². The van der Waals surface area contributed by atoms with E-state index in [4.69, 9.17) is 9.90 Å². The van der Waals surface area contributed by atoms with Crippen LogP contribution in [0.1, 0.15) is 31.9 Å². The number of nitrogens with zero attached hydrogens (tertiary/aromatic N) is 4. The van der Waals surface area contributed by atoms with E-state index in [0.717, 1.165) is 31.0 Å². The van der Waals surface area contributed by atoms with Crippen LogP contribution in [0, 0.1) is 5.92 Å². The first-order valence-electron chi connectivity index (χ1n) is 10.7. The molecule has 7 nitrogen and oxygen atoms in total. The van der Waals surface area contributed by atoms with Crippen LogP contribution >= 0.6 is 0 Å². The molecule has 11 heteroatoms. The number of anilines is 1. The van der Waals surface area contributed by atoms with Gasteiger partial charge in [0.25, 0.3) is 0 Å². The van der Waals surface area contributed by atoms with E-state index in [9.17, 15) is 22.4 Å². The lowest BCUT2D eigenvalue weighted by Crippen LogP contribution is -2.53. The SMILES string of the molecule is CCN1c2cccnc2-n2cccc2C12CCN(C(=O)C1CC(F)C1)C2.O=C(O)C(F)(F)F. The summed E-state index contributed by atoms with van der Waals surface area (Å²) < 4.78 is 47.1. The molecule has 1 N–H and O–H groups in total. The minimum Gasteiger partial charge on any atom is -0.475 e. The number of amides is 1. The van der Waals surface area contributed by atoms with Gasteiger partial charge in [-0.15, -0.1) is 0 Å². The minimum atomic E-state index is -5.08. The van der Waals surface area contributed by atoms with Crippen molar-refractivity contribution in [2.75, 3.05) is 24.5 Å². The van der Waals surface area contributed by atoms with Crippen molar-refractivity contribution < 1.29 is 32.3 Å². The smallest absolute Gasteiger partial charge is 0.475 e. The van der Waals surface area contributed by atoms with Gasteiger partial charge in [-0.1, -0.05) is 0 Å². The Hall–Kier alpha value is -3.11. The number of pyridine rings is 1. The Morgan fingerprint density at radius 3 is 2.55 bits per heavy atom. The molecule has 1 spiro atoms. The van der Waals surface area contributed by atoms with E-state index in [1.165, 1.54) is 5.69 Å². The van der Waals surface area contributed by atoms with Gasteiger partial charge in [-0.05, 0) is 50.5 Å². The first-order chi connectivity index (χ1) is 15.6. The third kappa shape index (κ3) is 3.93. The number of aromatic nitrogens is 2. The summed E-state index contributed by atoms with van der Waals surface area (Å²) in [5, 5.41) is 7.12. The van der Waals surface area contributed by atoms with Crippen molar-refractivity contribution >= 4 is 17.6 Å². The third-order valence-electron chi connectivity index (χ3n) is 6.58. The summed E-state index contributed by atoms with van der Waals surface area (Å²) in [4.78, 5) is 30.7. The Morgan fingerprint density at radius 1 is 1.24 bits per heavy atom. The maximum atomic E-state index is 13.2. The number of carboxylic acids is 1. The number of aliphatic carboxylic acids is 1. The fourth-order valence-corrected chi connectivity index (χ4v) is 4.99. The molecule has 0 bridgehead atoms. The summed E-state index contributed by atoms with van der Waals surface area (Å²) in [5.74, 6) is -1.81. The molecule has 1 saturated heterocycles. The topological polar surface area (TPSA) is 78.7 Å². The number of hydrogen-bond donors (Lipinski definition) is 1. The molecule has 1 unspecified atom stereocenters. The molecule has 5 rings (SSSR count). The maximum Gasteiger partial charge on any atom is 0.490 e. The average molecular weight is 468 g/mol. The highest BCUT2D eigenvalue weighted by Crippen LogP contribution is 2.47. The van der Waals surface area contributed by atoms with Gasteiger partial charge in [0.2, 0.25) is 5.91 Å². The maximum absolute atomic E-state index is 13.2. The van der Waals surface area contributed by atoms with Gasteiger partial charge in [0, 0.05) is 37.9 Å². The normalized spacial score (nSPS) is 25.6. The van der Waals surface area contributed by atoms with E-state index in [1.807, 2.05) is 17.2 Å². The van der Waals surface area contributed by atoms with Crippen molar-refractivity contribution in [1.82, 2.24) is 14.5 Å². The number of halogens is 4. The molecular formula is C22H24F4N4O3. The highest BCUT2D eigenvalue weighted by atomic mass is 19.4. The van der Waals surface area contributed by atoms with Gasteiger partial charge in [-0.2, -0.15) is 13.2 Å². The van der Waals surface area contributed by atoms with Crippen molar-refractivity contribution in [2.45, 2.75) is 44.1 Å². The van der Waals surface area contributed by atoms with Gasteiger partial charge in [0.05, 0.1) is 16.9 Å². The zero-order valence-corrected chi connectivity index (χ0v) is 17.9. The van der Waals surface area contributed by atoms with Gasteiger partial charge < -0.3 is 19.5 Å². The molecule has 0 radical (unpaired) electrons. The predicted molar refractivity (Wildman–Crippen MR) is 111 cm³/mol. The van der Waals surface area contributed by atoms with E-state index < -0.39 is 18.3 Å². The summed E-state index contributed by atoms with van der Waals surface area (Å²) in [6.07, 6.45) is -0.330. The number of hydrogen-bond acceptors (Lipinski definition) is 4. The minimum absolute atomic E-state index is 0.125. The van der Waals surface area contributed by atoms with Gasteiger partial charge in [0.15, 0.2) is 5.82 Å². The molecule has 2 fully saturated rings. The Balaban J connectivity index is 0.000000325. The summed E-state index contributed by atoms with van der Waals surface area (Å²) in [6.45, 7) is 4.39. The molecule has 2 aromatic rings. The first-order valence-corrected chi connectivity index (χ1v) is 10.7. The molecule has 1 saturated carbocycles. The van der Waals surface area contributed by atoms with Crippen LogP contribution in [0.4, 0.5) is 23.2 Å². The molecule has 1 aliphatic carbocycles. The Labute approximate surface area is 187 Å². The van der Waals surface area contributed by atoms with Crippen molar-refractivity contribution in [1.29, 1.82) is 0 Å². The summed E-state index contributed by atoms with van der Waals surface area (Å²) in [5.41, 5.74) is 2.07. The van der Waals surface area contributed by atoms with E-state index in [1.54, 1.807) is 0 Å². The van der Waals surface area contributed by atoms with Gasteiger partial charge in [0.1, 0.15) is 6.17 Å². The Morgan fingerprint density at radius 2 is 1.94 bits per heavy atom. The number of likely N-dealkylation sites (N-methyl/N-ethyl adjacent to an activating group) is 1. The number of carbonyl (C=O) groups excluding carboxylic acids is 1. The first kappa shape index (κ1) is 23.1. The number of rotatable bonds is 2. The number of carbonyl (C=O) groups is 2. The lowest BCUT2D eigenvalue weighted by atomic mass is 9.82. The average Bonchev–Trinajstić information content (AvgIpc) is 3.40. The van der Waals surface area contributed by atoms with Crippen LogP contribution < -0.4 is 4.90 Å². The van der Waals surface area contributed by atoms with Crippen molar-refractivity contribution in [3.8, 4) is 5.82 Å². The van der Waals surface area contributed by atoms with E-state index in [2.05, 4.69) is 45.8 Å². The summed E-state index contributed by atoms with van der Waals surface area (Å²) in [7, 11) is 0. The highest BCUT2D eigenvalue weighted by molar-refractivity contribution is 5.81. The monoisotopic (exact) mass is 468 g/mol. The number of carboxylic acid groups (broad SMARTS) is 1. The molecular weight excluding hydrogens is 444 g/mol. The second kappa shape index (κ2) is 8.35. The zero-order valence-electron chi connectivity index (χ0n) is 17.9. The second-order valence-electron chi connectivity index (χ2n) is 8.46. The zero-order chi connectivity index (χ0) is 24.0. The Bertz CT molecular complexity index is 1050. The van der Waals surface area contributed by atoms with Crippen LogP contribution in [0.5, 0.6) is 0 Å².